The third kappa shape index (κ3) is 3.33. The number of anilines is 2. The van der Waals surface area contributed by atoms with E-state index in [1.807, 2.05) is 0 Å². The van der Waals surface area contributed by atoms with E-state index >= 15 is 0 Å². The number of nitrogens with one attached hydrogen (secondary N) is 1. The summed E-state index contributed by atoms with van der Waals surface area (Å²) < 4.78 is 13.0. The molecule has 0 atom stereocenters. The van der Waals surface area contributed by atoms with Crippen LogP contribution in [0.2, 0.25) is 0 Å². The van der Waals surface area contributed by atoms with Crippen molar-refractivity contribution in [3.8, 4) is 0 Å². The topological polar surface area (TPSA) is 61.4 Å². The van der Waals surface area contributed by atoms with Crippen LogP contribution in [0.15, 0.2) is 24.3 Å². The van der Waals surface area contributed by atoms with E-state index < -0.39 is 0 Å². The Hall–Kier alpha value is -2.22. The zero-order valence-electron chi connectivity index (χ0n) is 13.1. The molecule has 0 bridgehead atoms. The Labute approximate surface area is 143 Å². The minimum absolute atomic E-state index is 0.132. The standard InChI is InChI=1S/C16H18FN5OS/c17-12-3-5-13(6-4-12)21-7-9-22(10-8-21)16(23)18-15-20-19-14(24-15)11-1-2-11/h3-6,11H,1-2,7-10H2,(H,18,20,23). The van der Waals surface area contributed by atoms with Crippen molar-refractivity contribution in [2.24, 2.45) is 0 Å². The largest absolute Gasteiger partial charge is 0.368 e. The number of carbonyl (C=O) groups excluding carboxylic acids is 1. The van der Waals surface area contributed by atoms with Gasteiger partial charge in [0.25, 0.3) is 0 Å². The number of rotatable bonds is 3. The Morgan fingerprint density at radius 3 is 2.50 bits per heavy atom. The molecule has 1 aromatic carbocycles. The summed E-state index contributed by atoms with van der Waals surface area (Å²) in [5.41, 5.74) is 0.981. The fraction of sp³-hybridized carbons (Fsp3) is 0.438. The maximum absolute atomic E-state index is 13.0. The van der Waals surface area contributed by atoms with E-state index in [0.29, 0.717) is 24.1 Å². The van der Waals surface area contributed by atoms with E-state index in [1.54, 1.807) is 17.0 Å². The molecule has 126 valence electrons. The number of hydrogen-bond acceptors (Lipinski definition) is 5. The monoisotopic (exact) mass is 347 g/mol. The van der Waals surface area contributed by atoms with E-state index in [1.165, 1.54) is 36.3 Å². The molecule has 1 aliphatic heterocycles. The van der Waals surface area contributed by atoms with Crippen molar-refractivity contribution >= 4 is 28.2 Å². The number of aromatic nitrogens is 2. The summed E-state index contributed by atoms with van der Waals surface area (Å²) in [6, 6.07) is 6.33. The molecule has 1 aliphatic carbocycles. The van der Waals surface area contributed by atoms with Gasteiger partial charge < -0.3 is 9.80 Å². The van der Waals surface area contributed by atoms with Crippen molar-refractivity contribution < 1.29 is 9.18 Å². The van der Waals surface area contributed by atoms with Crippen molar-refractivity contribution in [2.75, 3.05) is 36.4 Å². The van der Waals surface area contributed by atoms with Crippen LogP contribution in [0.25, 0.3) is 0 Å². The highest BCUT2D eigenvalue weighted by molar-refractivity contribution is 7.15. The molecule has 2 aliphatic rings. The molecule has 2 fully saturated rings. The number of carbonyl (C=O) groups is 1. The molecule has 8 heteroatoms. The molecule has 1 N–H and O–H groups in total. The molecule has 2 aromatic rings. The van der Waals surface area contributed by atoms with Crippen molar-refractivity contribution in [3.63, 3.8) is 0 Å². The summed E-state index contributed by atoms with van der Waals surface area (Å²) in [7, 11) is 0. The molecule has 1 saturated carbocycles. The maximum atomic E-state index is 13.0. The Kier molecular flexibility index (Phi) is 4.05. The van der Waals surface area contributed by atoms with E-state index in [9.17, 15) is 9.18 Å². The van der Waals surface area contributed by atoms with Crippen LogP contribution in [0.3, 0.4) is 0 Å². The first-order valence-electron chi connectivity index (χ1n) is 8.09. The number of nitrogens with zero attached hydrogens (tertiary/aromatic N) is 4. The maximum Gasteiger partial charge on any atom is 0.323 e. The molecular weight excluding hydrogens is 329 g/mol. The lowest BCUT2D eigenvalue weighted by atomic mass is 10.2. The number of piperazine rings is 1. The predicted molar refractivity (Wildman–Crippen MR) is 91.1 cm³/mol. The van der Waals surface area contributed by atoms with Crippen LogP contribution < -0.4 is 10.2 Å². The van der Waals surface area contributed by atoms with Gasteiger partial charge in [-0.3, -0.25) is 5.32 Å². The lowest BCUT2D eigenvalue weighted by Crippen LogP contribution is -2.50. The first-order valence-corrected chi connectivity index (χ1v) is 8.90. The summed E-state index contributed by atoms with van der Waals surface area (Å²) in [6.45, 7) is 2.69. The van der Waals surface area contributed by atoms with Crippen molar-refractivity contribution in [1.29, 1.82) is 0 Å². The molecule has 4 rings (SSSR count). The fourth-order valence-electron chi connectivity index (χ4n) is 2.77. The number of amides is 2. The molecule has 24 heavy (non-hydrogen) atoms. The van der Waals surface area contributed by atoms with Crippen molar-refractivity contribution in [2.45, 2.75) is 18.8 Å². The molecule has 0 unspecified atom stereocenters. The molecule has 6 nitrogen and oxygen atoms in total. The van der Waals surface area contributed by atoms with Crippen LogP contribution in [0.5, 0.6) is 0 Å². The second-order valence-electron chi connectivity index (χ2n) is 6.10. The zero-order chi connectivity index (χ0) is 16.5. The second kappa shape index (κ2) is 6.35. The predicted octanol–water partition coefficient (Wildman–Crippen LogP) is 2.91. The fourth-order valence-corrected chi connectivity index (χ4v) is 3.67. The number of halogens is 1. The highest BCUT2D eigenvalue weighted by atomic mass is 32.1. The van der Waals surface area contributed by atoms with Crippen molar-refractivity contribution in [1.82, 2.24) is 15.1 Å². The number of benzene rings is 1. The Bertz CT molecular complexity index is 722. The summed E-state index contributed by atoms with van der Waals surface area (Å²) >= 11 is 1.47. The average molecular weight is 347 g/mol. The lowest BCUT2D eigenvalue weighted by molar-refractivity contribution is 0.208. The van der Waals surface area contributed by atoms with Gasteiger partial charge in [-0.25, -0.2) is 9.18 Å². The Morgan fingerprint density at radius 1 is 1.12 bits per heavy atom. The molecule has 1 aromatic heterocycles. The number of urea groups is 1. The van der Waals surface area contributed by atoms with Gasteiger partial charge >= 0.3 is 6.03 Å². The minimum Gasteiger partial charge on any atom is -0.368 e. The van der Waals surface area contributed by atoms with Gasteiger partial charge in [0.15, 0.2) is 0 Å². The quantitative estimate of drug-likeness (QED) is 0.927. The molecule has 1 saturated heterocycles. The Morgan fingerprint density at radius 2 is 1.83 bits per heavy atom. The van der Waals surface area contributed by atoms with Crippen molar-refractivity contribution in [3.05, 3.63) is 35.1 Å². The van der Waals surface area contributed by atoms with E-state index in [4.69, 9.17) is 0 Å². The van der Waals surface area contributed by atoms with E-state index in [2.05, 4.69) is 20.4 Å². The van der Waals surface area contributed by atoms with E-state index in [-0.39, 0.29) is 11.8 Å². The summed E-state index contributed by atoms with van der Waals surface area (Å²) in [4.78, 5) is 16.3. The minimum atomic E-state index is -0.237. The van der Waals surface area contributed by atoms with Gasteiger partial charge in [-0.2, -0.15) is 0 Å². The van der Waals surface area contributed by atoms with Crippen LogP contribution >= 0.6 is 11.3 Å². The summed E-state index contributed by atoms with van der Waals surface area (Å²) in [6.07, 6.45) is 2.35. The average Bonchev–Trinajstić information content (AvgIpc) is 3.36. The lowest BCUT2D eigenvalue weighted by Gasteiger charge is -2.35. The van der Waals surface area contributed by atoms with Crippen LogP contribution in [-0.4, -0.2) is 47.3 Å². The van der Waals surface area contributed by atoms with Crippen LogP contribution in [0.4, 0.5) is 20.0 Å². The van der Waals surface area contributed by atoms with Gasteiger partial charge in [-0.05, 0) is 37.1 Å². The second-order valence-corrected chi connectivity index (χ2v) is 7.11. The SMILES string of the molecule is O=C(Nc1nnc(C2CC2)s1)N1CCN(c2ccc(F)cc2)CC1. The number of hydrogen-bond donors (Lipinski definition) is 1. The third-order valence-electron chi connectivity index (χ3n) is 4.34. The molecule has 0 radical (unpaired) electrons. The van der Waals surface area contributed by atoms with Gasteiger partial charge in [0, 0.05) is 37.8 Å². The normalized spacial score (nSPS) is 17.9. The molecule has 0 spiro atoms. The molecular formula is C16H18FN5OS. The van der Waals surface area contributed by atoms with Gasteiger partial charge in [-0.1, -0.05) is 11.3 Å². The summed E-state index contributed by atoms with van der Waals surface area (Å²) in [5.74, 6) is 0.312. The summed E-state index contributed by atoms with van der Waals surface area (Å²) in [5, 5.41) is 12.6. The highest BCUT2D eigenvalue weighted by Gasteiger charge is 2.28. The van der Waals surface area contributed by atoms with Crippen LogP contribution in [0, 0.1) is 5.82 Å². The molecule has 2 amide bonds. The highest BCUT2D eigenvalue weighted by Crippen LogP contribution is 2.42. The first kappa shape index (κ1) is 15.3. The molecule has 2 heterocycles. The van der Waals surface area contributed by atoms with Gasteiger partial charge in [0.2, 0.25) is 5.13 Å². The smallest absolute Gasteiger partial charge is 0.323 e. The first-order chi connectivity index (χ1) is 11.7. The third-order valence-corrected chi connectivity index (χ3v) is 5.34. The van der Waals surface area contributed by atoms with Crippen LogP contribution in [0.1, 0.15) is 23.8 Å². The van der Waals surface area contributed by atoms with Crippen LogP contribution in [-0.2, 0) is 0 Å². The van der Waals surface area contributed by atoms with Gasteiger partial charge in [0.05, 0.1) is 0 Å². The van der Waals surface area contributed by atoms with Gasteiger partial charge in [0.1, 0.15) is 10.8 Å². The Balaban J connectivity index is 1.31. The van der Waals surface area contributed by atoms with Gasteiger partial charge in [-0.15, -0.1) is 10.2 Å². The van der Waals surface area contributed by atoms with E-state index in [0.717, 1.165) is 23.8 Å². The zero-order valence-corrected chi connectivity index (χ0v) is 13.9.